The predicted molar refractivity (Wildman–Crippen MR) is 99.7 cm³/mol. The van der Waals surface area contributed by atoms with Crippen LogP contribution < -0.4 is 11.1 Å². The van der Waals surface area contributed by atoms with Gasteiger partial charge in [-0.2, -0.15) is 10.2 Å². The van der Waals surface area contributed by atoms with Gasteiger partial charge in [0.1, 0.15) is 0 Å². The first kappa shape index (κ1) is 17.3. The Hall–Kier alpha value is -3.49. The molecule has 0 fully saturated rings. The van der Waals surface area contributed by atoms with Crippen LogP contribution in [0.2, 0.25) is 0 Å². The summed E-state index contributed by atoms with van der Waals surface area (Å²) in [6, 6.07) is 3.33. The summed E-state index contributed by atoms with van der Waals surface area (Å²) in [4.78, 5) is 16.2. The molecule has 0 saturated carbocycles. The van der Waals surface area contributed by atoms with Gasteiger partial charge in [-0.05, 0) is 32.1 Å². The molecule has 0 bridgehead atoms. The van der Waals surface area contributed by atoms with Gasteiger partial charge in [0.15, 0.2) is 11.6 Å². The van der Waals surface area contributed by atoms with Gasteiger partial charge in [-0.3, -0.25) is 14.6 Å². The number of rotatable bonds is 6. The van der Waals surface area contributed by atoms with Gasteiger partial charge in [0.2, 0.25) is 5.91 Å². The normalized spacial score (nSPS) is 11.7. The standard InChI is InChI=1S/C17H20N8O/c1-4-20-14(5-9(2)18)17-21-16(22-23-17)11-6-10(15(19)26)7-13-12(11)8-25(3)24-13/h5-8,18,20H,4H2,1-3H3,(H2,19,26)(H,21,22,23)/b14-5-,18-9?. The summed E-state index contributed by atoms with van der Waals surface area (Å²) in [7, 11) is 1.80. The molecule has 0 aliphatic heterocycles. The highest BCUT2D eigenvalue weighted by atomic mass is 16.1. The molecular formula is C17H20N8O. The van der Waals surface area contributed by atoms with Crippen molar-refractivity contribution in [2.75, 3.05) is 6.54 Å². The molecule has 0 aliphatic carbocycles. The van der Waals surface area contributed by atoms with Crippen molar-refractivity contribution >= 4 is 28.2 Å². The number of carbonyl (C=O) groups is 1. The number of carbonyl (C=O) groups excluding carboxylic acids is 1. The molecule has 5 N–H and O–H groups in total. The average molecular weight is 352 g/mol. The number of fused-ring (bicyclic) bond motifs is 1. The van der Waals surface area contributed by atoms with Gasteiger partial charge < -0.3 is 16.5 Å². The lowest BCUT2D eigenvalue weighted by molar-refractivity contribution is 0.100. The van der Waals surface area contributed by atoms with Crippen molar-refractivity contribution in [3.8, 4) is 11.4 Å². The maximum Gasteiger partial charge on any atom is 0.248 e. The van der Waals surface area contributed by atoms with E-state index in [0.29, 0.717) is 46.2 Å². The Morgan fingerprint density at radius 3 is 2.88 bits per heavy atom. The quantitative estimate of drug-likeness (QED) is 0.497. The number of amides is 1. The van der Waals surface area contributed by atoms with Crippen molar-refractivity contribution < 1.29 is 4.79 Å². The minimum Gasteiger partial charge on any atom is -0.382 e. The zero-order valence-corrected chi connectivity index (χ0v) is 14.8. The lowest BCUT2D eigenvalue weighted by Gasteiger charge is -2.04. The molecule has 0 aliphatic rings. The fourth-order valence-electron chi connectivity index (χ4n) is 2.68. The number of nitrogens with two attached hydrogens (primary N) is 1. The van der Waals surface area contributed by atoms with Crippen molar-refractivity contribution in [2.24, 2.45) is 12.8 Å². The molecule has 134 valence electrons. The zero-order valence-electron chi connectivity index (χ0n) is 14.8. The summed E-state index contributed by atoms with van der Waals surface area (Å²) in [5.41, 5.74) is 8.16. The van der Waals surface area contributed by atoms with E-state index in [1.807, 2.05) is 13.1 Å². The third-order valence-corrected chi connectivity index (χ3v) is 3.73. The monoisotopic (exact) mass is 352 g/mol. The van der Waals surface area contributed by atoms with Crippen LogP contribution in [0.1, 0.15) is 30.0 Å². The van der Waals surface area contributed by atoms with Crippen LogP contribution in [0.25, 0.3) is 28.0 Å². The van der Waals surface area contributed by atoms with Crippen molar-refractivity contribution in [1.82, 2.24) is 30.3 Å². The molecule has 3 rings (SSSR count). The fraction of sp³-hybridized carbons (Fsp3) is 0.235. The van der Waals surface area contributed by atoms with E-state index in [4.69, 9.17) is 11.1 Å². The zero-order chi connectivity index (χ0) is 18.8. The average Bonchev–Trinajstić information content (AvgIpc) is 3.18. The van der Waals surface area contributed by atoms with Gasteiger partial charge >= 0.3 is 0 Å². The number of H-pyrrole nitrogens is 1. The van der Waals surface area contributed by atoms with Gasteiger partial charge in [0.05, 0.1) is 11.2 Å². The molecule has 0 spiro atoms. The molecule has 9 nitrogen and oxygen atoms in total. The van der Waals surface area contributed by atoms with Gasteiger partial charge in [-0.15, -0.1) is 0 Å². The van der Waals surface area contributed by atoms with E-state index >= 15 is 0 Å². The van der Waals surface area contributed by atoms with Crippen LogP contribution in [0.15, 0.2) is 24.4 Å². The number of aryl methyl sites for hydroxylation is 1. The number of hydrogen-bond donors (Lipinski definition) is 4. The molecule has 0 radical (unpaired) electrons. The number of nitrogens with zero attached hydrogens (tertiary/aromatic N) is 4. The van der Waals surface area contributed by atoms with E-state index in [9.17, 15) is 4.79 Å². The Morgan fingerprint density at radius 1 is 1.46 bits per heavy atom. The molecule has 2 aromatic heterocycles. The predicted octanol–water partition coefficient (Wildman–Crippen LogP) is 1.45. The minimum absolute atomic E-state index is 0.349. The van der Waals surface area contributed by atoms with Crippen LogP contribution in [0.4, 0.5) is 0 Å². The topological polar surface area (TPSA) is 138 Å². The van der Waals surface area contributed by atoms with E-state index in [1.165, 1.54) is 0 Å². The Kier molecular flexibility index (Phi) is 4.53. The van der Waals surface area contributed by atoms with Crippen molar-refractivity contribution in [3.63, 3.8) is 0 Å². The van der Waals surface area contributed by atoms with Crippen LogP contribution in [0, 0.1) is 5.41 Å². The maximum atomic E-state index is 11.7. The fourth-order valence-corrected chi connectivity index (χ4v) is 2.68. The third kappa shape index (κ3) is 3.32. The Bertz CT molecular complexity index is 1030. The first-order valence-electron chi connectivity index (χ1n) is 8.10. The number of benzene rings is 1. The van der Waals surface area contributed by atoms with Gasteiger partial charge in [-0.25, -0.2) is 4.98 Å². The minimum atomic E-state index is -0.536. The number of aromatic amines is 1. The lowest BCUT2D eigenvalue weighted by Crippen LogP contribution is -2.13. The molecular weight excluding hydrogens is 332 g/mol. The highest BCUT2D eigenvalue weighted by Gasteiger charge is 2.16. The van der Waals surface area contributed by atoms with E-state index < -0.39 is 5.91 Å². The van der Waals surface area contributed by atoms with Crippen LogP contribution >= 0.6 is 0 Å². The number of primary amides is 1. The second-order valence-corrected chi connectivity index (χ2v) is 5.90. The first-order chi connectivity index (χ1) is 12.4. The third-order valence-electron chi connectivity index (χ3n) is 3.73. The van der Waals surface area contributed by atoms with E-state index in [2.05, 4.69) is 25.6 Å². The molecule has 9 heteroatoms. The molecule has 2 heterocycles. The second kappa shape index (κ2) is 6.79. The Balaban J connectivity index is 2.14. The largest absolute Gasteiger partial charge is 0.382 e. The molecule has 0 saturated heterocycles. The highest BCUT2D eigenvalue weighted by Crippen LogP contribution is 2.28. The summed E-state index contributed by atoms with van der Waals surface area (Å²) >= 11 is 0. The molecule has 26 heavy (non-hydrogen) atoms. The summed E-state index contributed by atoms with van der Waals surface area (Å²) < 4.78 is 1.67. The van der Waals surface area contributed by atoms with Crippen LogP contribution in [0.5, 0.6) is 0 Å². The van der Waals surface area contributed by atoms with E-state index in [-0.39, 0.29) is 0 Å². The van der Waals surface area contributed by atoms with Crippen LogP contribution in [0.3, 0.4) is 0 Å². The SMILES string of the molecule is CCN/C(=C\C(C)=N)c1n[nH]c(-c2cc(C(N)=O)cc3nn(C)cc23)n1. The maximum absolute atomic E-state index is 11.7. The number of hydrogen-bond acceptors (Lipinski definition) is 6. The molecule has 1 amide bonds. The van der Waals surface area contributed by atoms with Gasteiger partial charge in [0, 0.05) is 42.0 Å². The number of aromatic nitrogens is 5. The van der Waals surface area contributed by atoms with E-state index in [1.54, 1.807) is 36.9 Å². The Morgan fingerprint density at radius 2 is 2.23 bits per heavy atom. The summed E-state index contributed by atoms with van der Waals surface area (Å²) in [5, 5.41) is 23.1. The summed E-state index contributed by atoms with van der Waals surface area (Å²) in [5.74, 6) is 0.397. The lowest BCUT2D eigenvalue weighted by atomic mass is 10.1. The van der Waals surface area contributed by atoms with E-state index in [0.717, 1.165) is 5.39 Å². The smallest absolute Gasteiger partial charge is 0.248 e. The molecule has 1 aromatic carbocycles. The van der Waals surface area contributed by atoms with Crippen molar-refractivity contribution in [2.45, 2.75) is 13.8 Å². The van der Waals surface area contributed by atoms with Gasteiger partial charge in [-0.1, -0.05) is 0 Å². The molecule has 0 atom stereocenters. The molecule has 0 unspecified atom stereocenters. The van der Waals surface area contributed by atoms with Crippen LogP contribution in [-0.2, 0) is 7.05 Å². The van der Waals surface area contributed by atoms with Gasteiger partial charge in [0.25, 0.3) is 0 Å². The van der Waals surface area contributed by atoms with Crippen molar-refractivity contribution in [1.29, 1.82) is 5.41 Å². The van der Waals surface area contributed by atoms with Crippen LogP contribution in [-0.4, -0.2) is 43.1 Å². The van der Waals surface area contributed by atoms with Crippen molar-refractivity contribution in [3.05, 3.63) is 35.8 Å². The highest BCUT2D eigenvalue weighted by molar-refractivity contribution is 6.02. The second-order valence-electron chi connectivity index (χ2n) is 5.90. The number of nitrogens with one attached hydrogen (secondary N) is 3. The first-order valence-corrected chi connectivity index (χ1v) is 8.10. The number of allylic oxidation sites excluding steroid dienone is 1. The summed E-state index contributed by atoms with van der Waals surface area (Å²) in [6.07, 6.45) is 3.51. The Labute approximate surface area is 149 Å². The summed E-state index contributed by atoms with van der Waals surface area (Å²) in [6.45, 7) is 4.31. The molecule has 3 aromatic rings.